The van der Waals surface area contributed by atoms with Gasteiger partial charge in [0.05, 0.1) is 12.1 Å². The summed E-state index contributed by atoms with van der Waals surface area (Å²) in [4.78, 5) is 31.2. The molecule has 0 aliphatic heterocycles. The van der Waals surface area contributed by atoms with E-state index in [2.05, 4.69) is 9.97 Å². The quantitative estimate of drug-likeness (QED) is 0.703. The van der Waals surface area contributed by atoms with Crippen LogP contribution < -0.4 is 5.43 Å². The molecule has 0 radical (unpaired) electrons. The van der Waals surface area contributed by atoms with Crippen molar-refractivity contribution in [1.29, 1.82) is 0 Å². The molecule has 0 bridgehead atoms. The molecule has 0 atom stereocenters. The van der Waals surface area contributed by atoms with Gasteiger partial charge >= 0.3 is 5.97 Å². The lowest BCUT2D eigenvalue weighted by atomic mass is 10.2. The number of esters is 1. The minimum atomic E-state index is -0.622. The van der Waals surface area contributed by atoms with Crippen LogP contribution in [0.4, 0.5) is 0 Å². The lowest BCUT2D eigenvalue weighted by Crippen LogP contribution is -2.19. The summed E-state index contributed by atoms with van der Waals surface area (Å²) < 4.78 is 6.52. The molecule has 0 aliphatic rings. The Morgan fingerprint density at radius 1 is 1.47 bits per heavy atom. The molecule has 0 saturated heterocycles. The zero-order valence-electron chi connectivity index (χ0n) is 10.2. The van der Waals surface area contributed by atoms with Crippen LogP contribution in [-0.2, 0) is 4.74 Å². The lowest BCUT2D eigenvalue weighted by molar-refractivity contribution is 0.0524. The first-order chi connectivity index (χ1) is 9.22. The Hall–Kier alpha value is -2.63. The first-order valence-electron chi connectivity index (χ1n) is 5.87. The second-order valence-electron chi connectivity index (χ2n) is 4.00. The fraction of sp³-hybridized carbons (Fsp3) is 0.154. The van der Waals surface area contributed by atoms with E-state index in [1.807, 2.05) is 0 Å². The van der Waals surface area contributed by atoms with E-state index in [1.165, 1.54) is 6.20 Å². The summed E-state index contributed by atoms with van der Waals surface area (Å²) in [7, 11) is 0. The number of pyridine rings is 2. The molecule has 0 spiro atoms. The Bertz CT molecular complexity index is 832. The number of nitrogens with one attached hydrogen (secondary N) is 1. The van der Waals surface area contributed by atoms with Gasteiger partial charge in [-0.1, -0.05) is 0 Å². The molecule has 0 fully saturated rings. The van der Waals surface area contributed by atoms with E-state index in [1.54, 1.807) is 35.9 Å². The first kappa shape index (κ1) is 11.5. The molecule has 3 rings (SSSR count). The minimum absolute atomic E-state index is 0.00412. The van der Waals surface area contributed by atoms with Crippen LogP contribution in [0.1, 0.15) is 17.3 Å². The van der Waals surface area contributed by atoms with Crippen molar-refractivity contribution in [3.63, 3.8) is 0 Å². The fourth-order valence-electron chi connectivity index (χ4n) is 2.05. The minimum Gasteiger partial charge on any atom is -0.462 e. The molecule has 19 heavy (non-hydrogen) atoms. The molecule has 3 aromatic rings. The van der Waals surface area contributed by atoms with Gasteiger partial charge in [-0.05, 0) is 19.1 Å². The summed E-state index contributed by atoms with van der Waals surface area (Å²) in [5, 5.41) is 0. The van der Waals surface area contributed by atoms with Gasteiger partial charge < -0.3 is 9.72 Å². The maximum absolute atomic E-state index is 12.4. The van der Waals surface area contributed by atoms with Crippen molar-refractivity contribution >= 4 is 22.6 Å². The Labute approximate surface area is 107 Å². The van der Waals surface area contributed by atoms with Gasteiger partial charge in [-0.25, -0.2) is 9.78 Å². The summed E-state index contributed by atoms with van der Waals surface area (Å²) in [6.45, 7) is 1.92. The normalized spacial score (nSPS) is 11.0. The molecule has 0 aliphatic carbocycles. The number of fused-ring (bicyclic) bond motifs is 3. The summed E-state index contributed by atoms with van der Waals surface area (Å²) >= 11 is 0. The smallest absolute Gasteiger partial charge is 0.343 e. The van der Waals surface area contributed by atoms with Crippen molar-refractivity contribution in [2.45, 2.75) is 6.92 Å². The number of ether oxygens (including phenoxy) is 1. The third-order valence-corrected chi connectivity index (χ3v) is 2.89. The number of aromatic amines is 1. The molecule has 0 aromatic carbocycles. The van der Waals surface area contributed by atoms with E-state index in [0.29, 0.717) is 16.7 Å². The molecular weight excluding hydrogens is 246 g/mol. The standard InChI is InChI=1S/C13H11N3O3/c1-2-19-13(18)8-7-15-9-3-4-10-14-5-6-16(10)11(9)12(8)17/h3-7H,2H2,1H3,(H,15,17). The maximum Gasteiger partial charge on any atom is 0.343 e. The van der Waals surface area contributed by atoms with Crippen molar-refractivity contribution in [3.8, 4) is 0 Å². The topological polar surface area (TPSA) is 76.5 Å². The largest absolute Gasteiger partial charge is 0.462 e. The van der Waals surface area contributed by atoms with Crippen molar-refractivity contribution in [2.24, 2.45) is 0 Å². The van der Waals surface area contributed by atoms with Gasteiger partial charge in [-0.3, -0.25) is 9.20 Å². The Morgan fingerprint density at radius 2 is 2.32 bits per heavy atom. The molecule has 96 valence electrons. The van der Waals surface area contributed by atoms with Crippen LogP contribution in [-0.4, -0.2) is 26.9 Å². The van der Waals surface area contributed by atoms with Crippen LogP contribution in [0, 0.1) is 0 Å². The molecule has 0 saturated carbocycles. The highest BCUT2D eigenvalue weighted by atomic mass is 16.5. The van der Waals surface area contributed by atoms with Gasteiger partial charge in [0, 0.05) is 18.6 Å². The third kappa shape index (κ3) is 1.69. The molecule has 0 unspecified atom stereocenters. The number of rotatable bonds is 2. The van der Waals surface area contributed by atoms with E-state index >= 15 is 0 Å². The Morgan fingerprint density at radius 3 is 3.11 bits per heavy atom. The van der Waals surface area contributed by atoms with Crippen LogP contribution in [0.2, 0.25) is 0 Å². The van der Waals surface area contributed by atoms with Gasteiger partial charge in [0.1, 0.15) is 16.7 Å². The summed E-state index contributed by atoms with van der Waals surface area (Å²) in [6.07, 6.45) is 4.67. The summed E-state index contributed by atoms with van der Waals surface area (Å²) in [6, 6.07) is 3.55. The average Bonchev–Trinajstić information content (AvgIpc) is 2.87. The highest BCUT2D eigenvalue weighted by Crippen LogP contribution is 2.11. The third-order valence-electron chi connectivity index (χ3n) is 2.89. The molecule has 6 heteroatoms. The van der Waals surface area contributed by atoms with Crippen molar-refractivity contribution in [3.05, 3.63) is 46.5 Å². The molecule has 1 N–H and O–H groups in total. The number of hydrogen-bond donors (Lipinski definition) is 1. The van der Waals surface area contributed by atoms with Crippen molar-refractivity contribution in [1.82, 2.24) is 14.4 Å². The van der Waals surface area contributed by atoms with Crippen molar-refractivity contribution in [2.75, 3.05) is 6.61 Å². The monoisotopic (exact) mass is 257 g/mol. The number of carbonyl (C=O) groups is 1. The lowest BCUT2D eigenvalue weighted by Gasteiger charge is -2.05. The SMILES string of the molecule is CCOC(=O)c1c[nH]c2ccc3nccn3c2c1=O. The Balaban J connectivity index is 2.36. The van der Waals surface area contributed by atoms with Crippen LogP contribution in [0.15, 0.2) is 35.5 Å². The molecule has 3 heterocycles. The zero-order chi connectivity index (χ0) is 13.4. The number of nitrogens with zero attached hydrogens (tertiary/aromatic N) is 2. The van der Waals surface area contributed by atoms with Gasteiger partial charge in [-0.15, -0.1) is 0 Å². The highest BCUT2D eigenvalue weighted by molar-refractivity contribution is 5.93. The second-order valence-corrected chi connectivity index (χ2v) is 4.00. The predicted molar refractivity (Wildman–Crippen MR) is 69.3 cm³/mol. The molecule has 6 nitrogen and oxygen atoms in total. The Kier molecular flexibility index (Phi) is 2.56. The summed E-state index contributed by atoms with van der Waals surface area (Å²) in [5.41, 5.74) is 1.31. The van der Waals surface area contributed by atoms with Gasteiger partial charge in [-0.2, -0.15) is 0 Å². The maximum atomic E-state index is 12.4. The van der Waals surface area contributed by atoms with Gasteiger partial charge in [0.15, 0.2) is 0 Å². The highest BCUT2D eigenvalue weighted by Gasteiger charge is 2.15. The van der Waals surface area contributed by atoms with Crippen LogP contribution >= 0.6 is 0 Å². The second kappa shape index (κ2) is 4.24. The van der Waals surface area contributed by atoms with E-state index in [0.717, 1.165) is 0 Å². The summed E-state index contributed by atoms with van der Waals surface area (Å²) in [5.74, 6) is -0.622. The van der Waals surface area contributed by atoms with Crippen LogP contribution in [0.5, 0.6) is 0 Å². The number of aromatic nitrogens is 3. The fourth-order valence-corrected chi connectivity index (χ4v) is 2.05. The zero-order valence-corrected chi connectivity index (χ0v) is 10.2. The van der Waals surface area contributed by atoms with Gasteiger partial charge in [0.2, 0.25) is 5.43 Å². The number of H-pyrrole nitrogens is 1. The predicted octanol–water partition coefficient (Wildman–Crippen LogP) is 1.35. The number of carbonyl (C=O) groups excluding carboxylic acids is 1. The molecular formula is C13H11N3O3. The average molecular weight is 257 g/mol. The van der Waals surface area contributed by atoms with Crippen LogP contribution in [0.3, 0.4) is 0 Å². The van der Waals surface area contributed by atoms with E-state index in [9.17, 15) is 9.59 Å². The number of imidazole rings is 1. The molecule has 3 aromatic heterocycles. The first-order valence-corrected chi connectivity index (χ1v) is 5.87. The van der Waals surface area contributed by atoms with Crippen LogP contribution in [0.25, 0.3) is 16.7 Å². The van der Waals surface area contributed by atoms with E-state index < -0.39 is 5.97 Å². The van der Waals surface area contributed by atoms with E-state index in [4.69, 9.17) is 4.74 Å². The molecule has 0 amide bonds. The van der Waals surface area contributed by atoms with Gasteiger partial charge in [0.25, 0.3) is 0 Å². The van der Waals surface area contributed by atoms with E-state index in [-0.39, 0.29) is 17.6 Å². The van der Waals surface area contributed by atoms with Crippen molar-refractivity contribution < 1.29 is 9.53 Å². The number of hydrogen-bond acceptors (Lipinski definition) is 4.